The first-order chi connectivity index (χ1) is 11.7. The minimum atomic E-state index is -0.0689. The summed E-state index contributed by atoms with van der Waals surface area (Å²) in [5, 5.41) is 12.2. The van der Waals surface area contributed by atoms with E-state index in [4.69, 9.17) is 5.73 Å². The molecule has 9 heteroatoms. The lowest BCUT2D eigenvalue weighted by molar-refractivity contribution is 0.0730. The molecule has 2 aromatic rings. The van der Waals surface area contributed by atoms with Crippen LogP contribution in [0.2, 0.25) is 0 Å². The van der Waals surface area contributed by atoms with Crippen molar-refractivity contribution in [1.82, 2.24) is 30.2 Å². The van der Waals surface area contributed by atoms with Crippen molar-refractivity contribution in [2.24, 2.45) is 5.92 Å². The lowest BCUT2D eigenvalue weighted by Crippen LogP contribution is -2.35. The molecule has 2 aromatic heterocycles. The highest BCUT2D eigenvalue weighted by molar-refractivity contribution is 7.15. The van der Waals surface area contributed by atoms with Gasteiger partial charge in [-0.15, -0.1) is 16.4 Å². The maximum absolute atomic E-state index is 12.7. The Labute approximate surface area is 144 Å². The van der Waals surface area contributed by atoms with Crippen molar-refractivity contribution in [3.8, 4) is 0 Å². The molecule has 0 aliphatic carbocycles. The molecule has 0 aromatic carbocycles. The highest BCUT2D eigenvalue weighted by atomic mass is 32.1. The van der Waals surface area contributed by atoms with E-state index in [1.807, 2.05) is 0 Å². The summed E-state index contributed by atoms with van der Waals surface area (Å²) in [4.78, 5) is 19.9. The average molecular weight is 347 g/mol. The third-order valence-electron chi connectivity index (χ3n) is 4.64. The lowest BCUT2D eigenvalue weighted by Gasteiger charge is -2.25. The number of carbonyl (C=O) groups is 1. The van der Waals surface area contributed by atoms with Crippen LogP contribution in [0.1, 0.15) is 33.9 Å². The van der Waals surface area contributed by atoms with Crippen LogP contribution in [0.25, 0.3) is 0 Å². The van der Waals surface area contributed by atoms with E-state index < -0.39 is 0 Å². The lowest BCUT2D eigenvalue weighted by atomic mass is 10.00. The van der Waals surface area contributed by atoms with Crippen LogP contribution in [0.3, 0.4) is 0 Å². The molecule has 3 N–H and O–H groups in total. The number of hydrogen-bond acceptors (Lipinski definition) is 7. The summed E-state index contributed by atoms with van der Waals surface area (Å²) in [6.45, 7) is 4.11. The van der Waals surface area contributed by atoms with Crippen LogP contribution in [0, 0.1) is 5.92 Å². The van der Waals surface area contributed by atoms with Crippen LogP contribution in [0.4, 0.5) is 5.13 Å². The van der Waals surface area contributed by atoms with Gasteiger partial charge in [0.15, 0.2) is 10.8 Å². The second-order valence-electron chi connectivity index (χ2n) is 6.44. The number of nitrogens with one attached hydrogen (secondary N) is 1. The monoisotopic (exact) mass is 347 g/mol. The number of thiazole rings is 1. The first-order valence-corrected chi connectivity index (χ1v) is 9.15. The Balaban J connectivity index is 1.41. The predicted molar refractivity (Wildman–Crippen MR) is 90.6 cm³/mol. The zero-order valence-corrected chi connectivity index (χ0v) is 14.3. The van der Waals surface area contributed by atoms with Gasteiger partial charge in [-0.3, -0.25) is 9.48 Å². The van der Waals surface area contributed by atoms with E-state index in [9.17, 15) is 4.79 Å². The first kappa shape index (κ1) is 15.5. The topological polar surface area (TPSA) is 102 Å². The molecular formula is C15H21N7OS. The minimum Gasteiger partial charge on any atom is -0.375 e. The fourth-order valence-corrected chi connectivity index (χ4v) is 4.27. The summed E-state index contributed by atoms with van der Waals surface area (Å²) >= 11 is 1.46. The molecule has 1 saturated heterocycles. The number of rotatable bonds is 3. The van der Waals surface area contributed by atoms with Crippen molar-refractivity contribution >= 4 is 22.4 Å². The van der Waals surface area contributed by atoms with E-state index >= 15 is 0 Å². The van der Waals surface area contributed by atoms with Crippen LogP contribution >= 0.6 is 11.3 Å². The van der Waals surface area contributed by atoms with E-state index in [-0.39, 0.29) is 5.91 Å². The number of anilines is 1. The summed E-state index contributed by atoms with van der Waals surface area (Å²) < 4.78 is 1.80. The van der Waals surface area contributed by atoms with Crippen molar-refractivity contribution in [3.63, 3.8) is 0 Å². The molecule has 1 atom stereocenters. The largest absolute Gasteiger partial charge is 0.375 e. The maximum Gasteiger partial charge on any atom is 0.276 e. The molecule has 128 valence electrons. The second-order valence-corrected chi connectivity index (χ2v) is 7.55. The number of piperidine rings is 1. The summed E-state index contributed by atoms with van der Waals surface area (Å²) in [7, 11) is 0. The molecule has 2 aliphatic rings. The predicted octanol–water partition coefficient (Wildman–Crippen LogP) is 0.515. The zero-order valence-electron chi connectivity index (χ0n) is 13.4. The van der Waals surface area contributed by atoms with Gasteiger partial charge in [-0.05, 0) is 31.8 Å². The molecule has 1 amide bonds. The van der Waals surface area contributed by atoms with Crippen molar-refractivity contribution in [2.75, 3.05) is 25.4 Å². The number of amides is 1. The molecule has 24 heavy (non-hydrogen) atoms. The van der Waals surface area contributed by atoms with E-state index in [1.54, 1.807) is 15.8 Å². The molecule has 4 rings (SSSR count). The number of fused-ring (bicyclic) bond motifs is 1. The third-order valence-corrected chi connectivity index (χ3v) is 5.55. The molecule has 0 unspecified atom stereocenters. The molecule has 1 fully saturated rings. The average Bonchev–Trinajstić information content (AvgIpc) is 3.20. The van der Waals surface area contributed by atoms with Crippen molar-refractivity contribution in [3.05, 3.63) is 22.5 Å². The summed E-state index contributed by atoms with van der Waals surface area (Å²) in [5.41, 5.74) is 7.20. The Bertz CT molecular complexity index is 734. The Kier molecular flexibility index (Phi) is 4.19. The number of carbonyl (C=O) groups excluding carboxylic acids is 1. The molecule has 0 spiro atoms. The van der Waals surface area contributed by atoms with Crippen molar-refractivity contribution in [1.29, 1.82) is 0 Å². The van der Waals surface area contributed by atoms with Gasteiger partial charge in [-0.2, -0.15) is 0 Å². The summed E-state index contributed by atoms with van der Waals surface area (Å²) in [6, 6.07) is 0. The minimum absolute atomic E-state index is 0.0689. The van der Waals surface area contributed by atoms with Crippen LogP contribution in [0.15, 0.2) is 6.20 Å². The molecule has 8 nitrogen and oxygen atoms in total. The van der Waals surface area contributed by atoms with Crippen molar-refractivity contribution in [2.45, 2.75) is 32.4 Å². The SMILES string of the molecule is Nc1nc2c(s1)CN(C(=O)c1cn(C[C@H]3CCCNC3)nn1)CC2. The second kappa shape index (κ2) is 6.48. The van der Waals surface area contributed by atoms with Crippen LogP contribution in [0.5, 0.6) is 0 Å². The third kappa shape index (κ3) is 3.13. The van der Waals surface area contributed by atoms with Gasteiger partial charge < -0.3 is 16.0 Å². The van der Waals surface area contributed by atoms with Crippen molar-refractivity contribution < 1.29 is 4.79 Å². The number of nitrogens with zero attached hydrogens (tertiary/aromatic N) is 5. The highest BCUT2D eigenvalue weighted by Crippen LogP contribution is 2.27. The Morgan fingerprint density at radius 2 is 2.42 bits per heavy atom. The van der Waals surface area contributed by atoms with Gasteiger partial charge in [0.25, 0.3) is 5.91 Å². The number of nitrogen functional groups attached to an aromatic ring is 1. The van der Waals surface area contributed by atoms with E-state index in [1.165, 1.54) is 24.2 Å². The fraction of sp³-hybridized carbons (Fsp3) is 0.600. The van der Waals surface area contributed by atoms with Gasteiger partial charge in [0.2, 0.25) is 0 Å². The van der Waals surface area contributed by atoms with E-state index in [0.717, 1.165) is 36.6 Å². The summed E-state index contributed by atoms with van der Waals surface area (Å²) in [6.07, 6.45) is 4.90. The van der Waals surface area contributed by atoms with E-state index in [2.05, 4.69) is 20.6 Å². The molecular weight excluding hydrogens is 326 g/mol. The van der Waals surface area contributed by atoms with Crippen LogP contribution < -0.4 is 11.1 Å². The van der Waals surface area contributed by atoms with Gasteiger partial charge in [-0.25, -0.2) is 4.98 Å². The maximum atomic E-state index is 12.7. The number of hydrogen-bond donors (Lipinski definition) is 2. The van der Waals surface area contributed by atoms with Gasteiger partial charge >= 0.3 is 0 Å². The smallest absolute Gasteiger partial charge is 0.276 e. The fourth-order valence-electron chi connectivity index (χ4n) is 3.38. The quantitative estimate of drug-likeness (QED) is 0.839. The molecule has 4 heterocycles. The zero-order chi connectivity index (χ0) is 16.5. The highest BCUT2D eigenvalue weighted by Gasteiger charge is 2.26. The van der Waals surface area contributed by atoms with Gasteiger partial charge in [0.05, 0.1) is 18.4 Å². The molecule has 0 bridgehead atoms. The number of aromatic nitrogens is 4. The molecule has 2 aliphatic heterocycles. The molecule has 0 saturated carbocycles. The summed E-state index contributed by atoms with van der Waals surface area (Å²) in [5.74, 6) is 0.488. The first-order valence-electron chi connectivity index (χ1n) is 8.33. The van der Waals surface area contributed by atoms with Gasteiger partial charge in [0.1, 0.15) is 0 Å². The van der Waals surface area contributed by atoms with E-state index in [0.29, 0.717) is 29.8 Å². The van der Waals surface area contributed by atoms with Gasteiger partial charge in [-0.1, -0.05) is 5.21 Å². The Morgan fingerprint density at radius 1 is 1.50 bits per heavy atom. The molecule has 0 radical (unpaired) electrons. The van der Waals surface area contributed by atoms with Crippen LogP contribution in [-0.2, 0) is 19.5 Å². The van der Waals surface area contributed by atoms with Gasteiger partial charge in [0, 0.05) is 24.4 Å². The Morgan fingerprint density at radius 3 is 3.25 bits per heavy atom. The normalized spacial score (nSPS) is 20.8. The van der Waals surface area contributed by atoms with Crippen LogP contribution in [-0.4, -0.2) is 50.4 Å². The number of nitrogens with two attached hydrogens (primary N) is 1. The Hall–Kier alpha value is -2.00. The standard InChI is InChI=1S/C15H21N7OS/c16-15-18-11-3-5-21(9-13(11)24-15)14(23)12-8-22(20-19-12)7-10-2-1-4-17-6-10/h8,10,17H,1-7,9H2,(H2,16,18)/t10-/m0/s1.